The highest BCUT2D eigenvalue weighted by atomic mass is 32.2. The smallest absolute Gasteiger partial charge is 0.207 e. The molecule has 2 atom stereocenters. The minimum Gasteiger partial charge on any atom is -0.207 e. The standard InChI is InChI=1S/C27H33NO2SSi/c1-22-14-16-27(17-15-22)31(29,30)28-19-25(24-12-8-5-9-13-24)18-26(28)21-32(2,3)20-23-10-6-4-7-11-23/h4-17,25-26H,18-21H2,1-3H3/t25-,26+/m0/s1. The molecule has 4 rings (SSSR count). The van der Waals surface area contributed by atoms with Crippen LogP contribution in [0.3, 0.4) is 0 Å². The molecule has 0 saturated carbocycles. The summed E-state index contributed by atoms with van der Waals surface area (Å²) < 4.78 is 29.3. The van der Waals surface area contributed by atoms with E-state index in [1.165, 1.54) is 11.1 Å². The third-order valence-electron chi connectivity index (χ3n) is 6.58. The highest BCUT2D eigenvalue weighted by Crippen LogP contribution is 2.39. The molecular weight excluding hydrogens is 430 g/mol. The quantitative estimate of drug-likeness (QED) is 0.401. The van der Waals surface area contributed by atoms with Crippen molar-refractivity contribution in [2.45, 2.75) is 55.4 Å². The van der Waals surface area contributed by atoms with Crippen LogP contribution in [0.25, 0.3) is 0 Å². The van der Waals surface area contributed by atoms with Crippen LogP contribution in [-0.4, -0.2) is 33.4 Å². The van der Waals surface area contributed by atoms with Gasteiger partial charge < -0.3 is 0 Å². The van der Waals surface area contributed by atoms with Crippen molar-refractivity contribution in [3.8, 4) is 0 Å². The molecule has 0 bridgehead atoms. The van der Waals surface area contributed by atoms with E-state index in [-0.39, 0.29) is 12.0 Å². The summed E-state index contributed by atoms with van der Waals surface area (Å²) in [4.78, 5) is 0.407. The van der Waals surface area contributed by atoms with Gasteiger partial charge in [0.05, 0.1) is 13.0 Å². The second-order valence-electron chi connectivity index (χ2n) is 9.92. The molecule has 3 aromatic rings. The summed E-state index contributed by atoms with van der Waals surface area (Å²) in [6, 6.07) is 30.4. The van der Waals surface area contributed by atoms with Crippen molar-refractivity contribution in [2.24, 2.45) is 0 Å². The predicted molar refractivity (Wildman–Crippen MR) is 135 cm³/mol. The Morgan fingerprint density at radius 2 is 1.47 bits per heavy atom. The van der Waals surface area contributed by atoms with Gasteiger partial charge in [0.2, 0.25) is 10.0 Å². The first-order chi connectivity index (χ1) is 15.2. The largest absolute Gasteiger partial charge is 0.243 e. The van der Waals surface area contributed by atoms with Crippen LogP contribution in [0.2, 0.25) is 19.1 Å². The fourth-order valence-corrected chi connectivity index (χ4v) is 10.00. The van der Waals surface area contributed by atoms with Gasteiger partial charge in [-0.3, -0.25) is 0 Å². The third-order valence-corrected chi connectivity index (χ3v) is 11.5. The van der Waals surface area contributed by atoms with Crippen LogP contribution in [0.15, 0.2) is 89.8 Å². The Morgan fingerprint density at radius 1 is 0.875 bits per heavy atom. The molecule has 0 N–H and O–H groups in total. The van der Waals surface area contributed by atoms with E-state index in [0.29, 0.717) is 11.4 Å². The molecule has 0 aromatic heterocycles. The summed E-state index contributed by atoms with van der Waals surface area (Å²) in [5.41, 5.74) is 3.66. The van der Waals surface area contributed by atoms with Crippen molar-refractivity contribution in [3.05, 3.63) is 102 Å². The number of benzene rings is 3. The van der Waals surface area contributed by atoms with E-state index in [4.69, 9.17) is 0 Å². The van der Waals surface area contributed by atoms with Crippen molar-refractivity contribution >= 4 is 18.1 Å². The Labute approximate surface area is 194 Å². The average molecular weight is 464 g/mol. The first kappa shape index (κ1) is 23.0. The number of nitrogens with zero attached hydrogens (tertiary/aromatic N) is 1. The fourth-order valence-electron chi connectivity index (χ4n) is 5.04. The number of hydrogen-bond donors (Lipinski definition) is 0. The van der Waals surface area contributed by atoms with Crippen molar-refractivity contribution in [1.82, 2.24) is 4.31 Å². The Balaban J connectivity index is 1.63. The van der Waals surface area contributed by atoms with Gasteiger partial charge in [0.25, 0.3) is 0 Å². The molecule has 32 heavy (non-hydrogen) atoms. The highest BCUT2D eigenvalue weighted by molar-refractivity contribution is 7.89. The molecule has 0 unspecified atom stereocenters. The SMILES string of the molecule is Cc1ccc(S(=O)(=O)N2C[C@@H](c3ccccc3)C[C@@H]2C[Si](C)(C)Cc2ccccc2)cc1. The topological polar surface area (TPSA) is 37.4 Å². The molecule has 0 spiro atoms. The maximum Gasteiger partial charge on any atom is 0.243 e. The van der Waals surface area contributed by atoms with Crippen LogP contribution in [-0.2, 0) is 16.1 Å². The van der Waals surface area contributed by atoms with Gasteiger partial charge >= 0.3 is 0 Å². The van der Waals surface area contributed by atoms with Gasteiger partial charge in [-0.15, -0.1) is 0 Å². The maximum atomic E-state index is 13.7. The second kappa shape index (κ2) is 9.34. The van der Waals surface area contributed by atoms with Crippen LogP contribution in [0, 0.1) is 6.92 Å². The van der Waals surface area contributed by atoms with Crippen molar-refractivity contribution < 1.29 is 8.42 Å². The van der Waals surface area contributed by atoms with E-state index in [0.717, 1.165) is 24.1 Å². The first-order valence-electron chi connectivity index (χ1n) is 11.4. The van der Waals surface area contributed by atoms with E-state index in [2.05, 4.69) is 67.7 Å². The number of hydrogen-bond acceptors (Lipinski definition) is 2. The predicted octanol–water partition coefficient (Wildman–Crippen LogP) is 6.03. The maximum absolute atomic E-state index is 13.7. The van der Waals surface area contributed by atoms with E-state index in [1.807, 2.05) is 29.4 Å². The lowest BCUT2D eigenvalue weighted by atomic mass is 9.97. The highest BCUT2D eigenvalue weighted by Gasteiger charge is 2.43. The summed E-state index contributed by atoms with van der Waals surface area (Å²) in [5.74, 6) is 0.239. The monoisotopic (exact) mass is 463 g/mol. The molecule has 3 nitrogen and oxygen atoms in total. The van der Waals surface area contributed by atoms with Gasteiger partial charge in [0, 0.05) is 12.6 Å². The molecule has 1 saturated heterocycles. The molecule has 0 amide bonds. The molecule has 0 radical (unpaired) electrons. The van der Waals surface area contributed by atoms with Crippen molar-refractivity contribution in [2.75, 3.05) is 6.54 Å². The van der Waals surface area contributed by atoms with Crippen LogP contribution >= 0.6 is 0 Å². The van der Waals surface area contributed by atoms with E-state index in [9.17, 15) is 8.42 Å². The van der Waals surface area contributed by atoms with Crippen LogP contribution in [0.1, 0.15) is 29.0 Å². The Hall–Kier alpha value is -2.21. The molecule has 1 aliphatic heterocycles. The third kappa shape index (κ3) is 5.22. The first-order valence-corrected chi connectivity index (χ1v) is 16.3. The molecule has 5 heteroatoms. The zero-order valence-electron chi connectivity index (χ0n) is 19.2. The van der Waals surface area contributed by atoms with Crippen LogP contribution in [0.4, 0.5) is 0 Å². The molecule has 168 valence electrons. The van der Waals surface area contributed by atoms with Crippen LogP contribution in [0.5, 0.6) is 0 Å². The molecule has 3 aromatic carbocycles. The van der Waals surface area contributed by atoms with Gasteiger partial charge in [-0.05, 0) is 49.0 Å². The zero-order chi connectivity index (χ0) is 22.8. The normalized spacial score (nSPS) is 19.8. The van der Waals surface area contributed by atoms with E-state index in [1.54, 1.807) is 12.1 Å². The average Bonchev–Trinajstić information content (AvgIpc) is 3.19. The summed E-state index contributed by atoms with van der Waals surface area (Å²) in [5, 5.41) is 0. The lowest BCUT2D eigenvalue weighted by Crippen LogP contribution is -2.42. The second-order valence-corrected chi connectivity index (χ2v) is 16.9. The van der Waals surface area contributed by atoms with Gasteiger partial charge in [-0.1, -0.05) is 97.0 Å². The summed E-state index contributed by atoms with van der Waals surface area (Å²) in [6.45, 7) is 7.33. The van der Waals surface area contributed by atoms with Gasteiger partial charge in [-0.25, -0.2) is 8.42 Å². The lowest BCUT2D eigenvalue weighted by Gasteiger charge is -2.31. The van der Waals surface area contributed by atoms with Crippen LogP contribution < -0.4 is 0 Å². The summed E-state index contributed by atoms with van der Waals surface area (Å²) in [6.07, 6.45) is 0.889. The molecule has 1 fully saturated rings. The summed E-state index contributed by atoms with van der Waals surface area (Å²) in [7, 11) is -5.21. The van der Waals surface area contributed by atoms with E-state index >= 15 is 0 Å². The molecule has 1 aliphatic rings. The van der Waals surface area contributed by atoms with Crippen molar-refractivity contribution in [1.29, 1.82) is 0 Å². The minimum absolute atomic E-state index is 0.0388. The summed E-state index contributed by atoms with van der Waals surface area (Å²) >= 11 is 0. The zero-order valence-corrected chi connectivity index (χ0v) is 21.1. The van der Waals surface area contributed by atoms with E-state index < -0.39 is 18.1 Å². The molecular formula is C27H33NO2SSi. The van der Waals surface area contributed by atoms with Gasteiger partial charge in [-0.2, -0.15) is 4.31 Å². The van der Waals surface area contributed by atoms with Crippen molar-refractivity contribution in [3.63, 3.8) is 0 Å². The Kier molecular flexibility index (Phi) is 6.70. The minimum atomic E-state index is -3.54. The Morgan fingerprint density at radius 3 is 2.09 bits per heavy atom. The molecule has 1 heterocycles. The Bertz CT molecular complexity index is 1130. The van der Waals surface area contributed by atoms with Gasteiger partial charge in [0.1, 0.15) is 0 Å². The molecule has 0 aliphatic carbocycles. The number of aryl methyl sites for hydroxylation is 1. The number of rotatable bonds is 7. The lowest BCUT2D eigenvalue weighted by molar-refractivity contribution is 0.404. The fraction of sp³-hybridized carbons (Fsp3) is 0.333. The van der Waals surface area contributed by atoms with Gasteiger partial charge in [0.15, 0.2) is 0 Å². The number of sulfonamides is 1.